The molecule has 1 fully saturated rings. The number of unbranched alkanes of at least 4 members (excludes halogenated alkanes) is 3. The second kappa shape index (κ2) is 13.0. The van der Waals surface area contributed by atoms with Crippen molar-refractivity contribution in [2.24, 2.45) is 5.73 Å². The molecule has 1 saturated carbocycles. The summed E-state index contributed by atoms with van der Waals surface area (Å²) >= 11 is -2.12. The average molecular weight is 432 g/mol. The van der Waals surface area contributed by atoms with E-state index in [0.717, 1.165) is 4.62 Å². The molecular formula is C20H43NOSn. The molecule has 0 spiro atoms. The van der Waals surface area contributed by atoms with Gasteiger partial charge in [-0.3, -0.25) is 0 Å². The summed E-state index contributed by atoms with van der Waals surface area (Å²) in [4.78, 5) is 0. The van der Waals surface area contributed by atoms with Gasteiger partial charge in [-0.1, -0.05) is 0 Å². The third-order valence-corrected chi connectivity index (χ3v) is 20.1. The topological polar surface area (TPSA) is 35.2 Å². The molecule has 1 aliphatic carbocycles. The second-order valence-electron chi connectivity index (χ2n) is 7.96. The van der Waals surface area contributed by atoms with E-state index in [2.05, 4.69) is 20.8 Å². The Bertz CT molecular complexity index is 263. The third kappa shape index (κ3) is 8.58. The van der Waals surface area contributed by atoms with Gasteiger partial charge >= 0.3 is 150 Å². The molecule has 1 aliphatic rings. The number of ether oxygens (including phenoxy) is 1. The molecule has 0 aliphatic heterocycles. The Balaban J connectivity index is 2.66. The van der Waals surface area contributed by atoms with Crippen LogP contribution in [0.4, 0.5) is 0 Å². The molecule has 0 aromatic heterocycles. The summed E-state index contributed by atoms with van der Waals surface area (Å²) < 4.78 is 12.4. The van der Waals surface area contributed by atoms with E-state index in [1.807, 2.05) is 0 Å². The fourth-order valence-electron chi connectivity index (χ4n) is 4.04. The fraction of sp³-hybridized carbons (Fsp3) is 1.00. The standard InChI is InChI=1S/C8H16NO.3C4H9.Sn/c1-10-8-6-4-2-3-5-7(8)9;3*1-3-4-2;/h7-8H,1-6,9H2;3*1,3-4H2,2H3;/t7-,8-;;;;/m1..../s1. The first kappa shape index (κ1) is 21.8. The van der Waals surface area contributed by atoms with Gasteiger partial charge in [0.25, 0.3) is 0 Å². The Morgan fingerprint density at radius 3 is 1.87 bits per heavy atom. The van der Waals surface area contributed by atoms with Crippen molar-refractivity contribution >= 4 is 18.4 Å². The maximum atomic E-state index is 6.60. The molecule has 0 radical (unpaired) electrons. The molecule has 0 aromatic rings. The van der Waals surface area contributed by atoms with Gasteiger partial charge < -0.3 is 0 Å². The molecule has 0 unspecified atom stereocenters. The molecule has 3 heteroatoms. The summed E-state index contributed by atoms with van der Waals surface area (Å²) in [7, 11) is 0. The Labute approximate surface area is 150 Å². The Morgan fingerprint density at radius 1 is 0.826 bits per heavy atom. The molecular weight excluding hydrogens is 389 g/mol. The van der Waals surface area contributed by atoms with Gasteiger partial charge in [-0.05, 0) is 0 Å². The van der Waals surface area contributed by atoms with Gasteiger partial charge in [0.05, 0.1) is 0 Å². The number of hydrogen-bond acceptors (Lipinski definition) is 2. The van der Waals surface area contributed by atoms with E-state index in [0.29, 0.717) is 12.1 Å². The maximum absolute atomic E-state index is 6.60. The van der Waals surface area contributed by atoms with E-state index in [1.165, 1.54) is 70.6 Å². The molecule has 0 bridgehead atoms. The van der Waals surface area contributed by atoms with Crippen LogP contribution in [0.2, 0.25) is 13.3 Å². The SMILES string of the molecule is CCC[CH2][Sn]([CH2]CCC)([CH2]CCC)[CH2]O[C@@H]1CCCCC[C@H]1N. The predicted molar refractivity (Wildman–Crippen MR) is 106 cm³/mol. The molecule has 0 aromatic carbocycles. The van der Waals surface area contributed by atoms with Crippen LogP contribution in [0.5, 0.6) is 0 Å². The van der Waals surface area contributed by atoms with Crippen LogP contribution in [-0.4, -0.2) is 35.1 Å². The minimum absolute atomic E-state index is 0.296. The van der Waals surface area contributed by atoms with Crippen molar-refractivity contribution in [3.63, 3.8) is 0 Å². The number of nitrogens with two attached hydrogens (primary N) is 1. The molecule has 1 rings (SSSR count). The first-order valence-electron chi connectivity index (χ1n) is 10.5. The zero-order chi connectivity index (χ0) is 17.0. The van der Waals surface area contributed by atoms with Crippen LogP contribution in [0, 0.1) is 0 Å². The zero-order valence-electron chi connectivity index (χ0n) is 16.2. The van der Waals surface area contributed by atoms with Gasteiger partial charge in [0.15, 0.2) is 0 Å². The van der Waals surface area contributed by atoms with E-state index in [-0.39, 0.29) is 0 Å². The molecule has 2 atom stereocenters. The summed E-state index contributed by atoms with van der Waals surface area (Å²) in [6.45, 7) is 7.04. The van der Waals surface area contributed by atoms with Crippen molar-refractivity contribution in [2.75, 3.05) is 4.62 Å². The monoisotopic (exact) mass is 433 g/mol. The molecule has 2 N–H and O–H groups in total. The molecule has 0 heterocycles. The van der Waals surface area contributed by atoms with E-state index in [9.17, 15) is 0 Å². The first-order chi connectivity index (χ1) is 11.2. The van der Waals surface area contributed by atoms with Crippen LogP contribution in [0.1, 0.15) is 91.4 Å². The summed E-state index contributed by atoms with van der Waals surface area (Å²) in [6, 6.07) is 0.296. The van der Waals surface area contributed by atoms with Crippen LogP contribution >= 0.6 is 0 Å². The fourth-order valence-corrected chi connectivity index (χ4v) is 18.5. The van der Waals surface area contributed by atoms with Crippen molar-refractivity contribution in [2.45, 2.75) is 117 Å². The van der Waals surface area contributed by atoms with Crippen molar-refractivity contribution in [1.29, 1.82) is 0 Å². The molecule has 138 valence electrons. The Kier molecular flexibility index (Phi) is 12.3. The number of rotatable bonds is 12. The Hall–Kier alpha value is 0.719. The van der Waals surface area contributed by atoms with Crippen molar-refractivity contribution < 1.29 is 4.74 Å². The van der Waals surface area contributed by atoms with Crippen molar-refractivity contribution in [1.82, 2.24) is 0 Å². The van der Waals surface area contributed by atoms with Gasteiger partial charge in [0, 0.05) is 0 Å². The number of hydrogen-bond donors (Lipinski definition) is 1. The summed E-state index contributed by atoms with van der Waals surface area (Å²) in [5, 5.41) is 0. The molecule has 2 nitrogen and oxygen atoms in total. The van der Waals surface area contributed by atoms with E-state index >= 15 is 0 Å². The van der Waals surface area contributed by atoms with Gasteiger partial charge in [0.1, 0.15) is 0 Å². The van der Waals surface area contributed by atoms with Crippen LogP contribution in [0.3, 0.4) is 0 Å². The van der Waals surface area contributed by atoms with Crippen LogP contribution in [0.25, 0.3) is 0 Å². The first-order valence-corrected chi connectivity index (χ1v) is 18.6. The van der Waals surface area contributed by atoms with Gasteiger partial charge in [0.2, 0.25) is 0 Å². The normalized spacial score (nSPS) is 23.0. The Morgan fingerprint density at radius 2 is 1.35 bits per heavy atom. The van der Waals surface area contributed by atoms with E-state index < -0.39 is 18.4 Å². The van der Waals surface area contributed by atoms with Gasteiger partial charge in [-0.2, -0.15) is 0 Å². The van der Waals surface area contributed by atoms with Crippen LogP contribution in [-0.2, 0) is 4.74 Å². The van der Waals surface area contributed by atoms with Crippen molar-refractivity contribution in [3.8, 4) is 0 Å². The van der Waals surface area contributed by atoms with E-state index in [4.69, 9.17) is 10.5 Å². The quantitative estimate of drug-likeness (QED) is 0.301. The summed E-state index contributed by atoms with van der Waals surface area (Å²) in [5.41, 5.74) is 6.41. The molecule has 23 heavy (non-hydrogen) atoms. The third-order valence-electron chi connectivity index (χ3n) is 5.79. The van der Waals surface area contributed by atoms with Crippen molar-refractivity contribution in [3.05, 3.63) is 0 Å². The van der Waals surface area contributed by atoms with Gasteiger partial charge in [-0.15, -0.1) is 0 Å². The minimum atomic E-state index is -2.12. The average Bonchev–Trinajstić information content (AvgIpc) is 2.78. The zero-order valence-corrected chi connectivity index (χ0v) is 19.1. The second-order valence-corrected chi connectivity index (χ2v) is 21.6. The van der Waals surface area contributed by atoms with Crippen LogP contribution in [0.15, 0.2) is 0 Å². The van der Waals surface area contributed by atoms with E-state index in [1.54, 1.807) is 13.3 Å². The van der Waals surface area contributed by atoms with Gasteiger partial charge in [-0.25, -0.2) is 0 Å². The predicted octanol–water partition coefficient (Wildman–Crippen LogP) is 6.05. The molecule has 0 amide bonds. The summed E-state index contributed by atoms with van der Waals surface area (Å²) in [6.07, 6.45) is 15.1. The molecule has 0 saturated heterocycles. The summed E-state index contributed by atoms with van der Waals surface area (Å²) in [5.74, 6) is 0. The van der Waals surface area contributed by atoms with Crippen LogP contribution < -0.4 is 5.73 Å².